The van der Waals surface area contributed by atoms with Gasteiger partial charge in [-0.3, -0.25) is 19.2 Å². The molecule has 0 radical (unpaired) electrons. The fourth-order valence-electron chi connectivity index (χ4n) is 5.67. The molecule has 0 spiro atoms. The first-order valence-electron chi connectivity index (χ1n) is 14.6. The highest BCUT2D eigenvalue weighted by atomic mass is 32.2. The zero-order valence-corrected chi connectivity index (χ0v) is 25.5. The van der Waals surface area contributed by atoms with E-state index in [2.05, 4.69) is 4.90 Å². The summed E-state index contributed by atoms with van der Waals surface area (Å²) < 4.78 is 35.9. The number of hydrogen-bond donors (Lipinski definition) is 0. The summed E-state index contributed by atoms with van der Waals surface area (Å²) in [5.74, 6) is -0.199. The van der Waals surface area contributed by atoms with Gasteiger partial charge in [0.25, 0.3) is 21.6 Å². The van der Waals surface area contributed by atoms with Crippen molar-refractivity contribution in [1.29, 1.82) is 0 Å². The van der Waals surface area contributed by atoms with Gasteiger partial charge >= 0.3 is 0 Å². The molecule has 11 heteroatoms. The molecule has 1 fully saturated rings. The second kappa shape index (κ2) is 12.4. The van der Waals surface area contributed by atoms with Gasteiger partial charge in [-0.05, 0) is 66.9 Å². The molecule has 0 unspecified atom stereocenters. The highest BCUT2D eigenvalue weighted by molar-refractivity contribution is 7.92. The number of carbonyl (C=O) groups is 1. The summed E-state index contributed by atoms with van der Waals surface area (Å²) in [6.07, 6.45) is 2.13. The Balaban J connectivity index is 1.28. The number of non-ortho nitro benzene ring substituents is 1. The van der Waals surface area contributed by atoms with Crippen molar-refractivity contribution in [2.24, 2.45) is 0 Å². The monoisotopic (exact) mass is 624 g/mol. The Bertz CT molecular complexity index is 1950. The fourth-order valence-corrected chi connectivity index (χ4v) is 7.18. The van der Waals surface area contributed by atoms with Crippen molar-refractivity contribution >= 4 is 44.0 Å². The Morgan fingerprint density at radius 1 is 0.911 bits per heavy atom. The molecule has 230 valence electrons. The van der Waals surface area contributed by atoms with Gasteiger partial charge in [-0.1, -0.05) is 42.5 Å². The number of para-hydroxylation sites is 2. The number of anilines is 2. The number of rotatable bonds is 9. The molecule has 2 heterocycles. The Kier molecular flexibility index (Phi) is 8.27. The quantitative estimate of drug-likeness (QED) is 0.145. The van der Waals surface area contributed by atoms with Crippen LogP contribution in [0.3, 0.4) is 0 Å². The zero-order valence-electron chi connectivity index (χ0n) is 24.7. The van der Waals surface area contributed by atoms with Crippen LogP contribution in [-0.4, -0.2) is 56.9 Å². The third kappa shape index (κ3) is 6.12. The Morgan fingerprint density at radius 2 is 1.60 bits per heavy atom. The van der Waals surface area contributed by atoms with Crippen LogP contribution in [0.4, 0.5) is 17.1 Å². The SMILES string of the molecule is Cc1coc2ccc(S(=O)(=O)N(CCc3ccccc3)c3ccccc3N3CCN(C(=O)c4ccc([N+](=O)[O-])cc4)CC3)cc12. The van der Waals surface area contributed by atoms with Crippen LogP contribution >= 0.6 is 0 Å². The molecule has 6 rings (SSSR count). The summed E-state index contributed by atoms with van der Waals surface area (Å²) in [4.78, 5) is 27.6. The molecule has 5 aromatic rings. The lowest BCUT2D eigenvalue weighted by molar-refractivity contribution is -0.384. The van der Waals surface area contributed by atoms with Crippen molar-refractivity contribution in [2.75, 3.05) is 41.9 Å². The molecule has 0 N–H and O–H groups in total. The van der Waals surface area contributed by atoms with Crippen molar-refractivity contribution in [3.63, 3.8) is 0 Å². The number of fused-ring (bicyclic) bond motifs is 1. The van der Waals surface area contributed by atoms with E-state index < -0.39 is 14.9 Å². The summed E-state index contributed by atoms with van der Waals surface area (Å²) in [6, 6.07) is 27.8. The summed E-state index contributed by atoms with van der Waals surface area (Å²) >= 11 is 0. The minimum absolute atomic E-state index is 0.0698. The Labute approximate surface area is 261 Å². The lowest BCUT2D eigenvalue weighted by atomic mass is 10.1. The fraction of sp³-hybridized carbons (Fsp3) is 0.206. The Hall–Kier alpha value is -5.16. The van der Waals surface area contributed by atoms with Crippen molar-refractivity contribution in [3.05, 3.63) is 130 Å². The molecule has 1 aliphatic rings. The van der Waals surface area contributed by atoms with Crippen molar-refractivity contribution < 1.29 is 22.6 Å². The first-order chi connectivity index (χ1) is 21.7. The van der Waals surface area contributed by atoms with Gasteiger partial charge in [0.05, 0.1) is 27.5 Å². The van der Waals surface area contributed by atoms with Crippen LogP contribution in [0, 0.1) is 17.0 Å². The maximum atomic E-state index is 14.4. The lowest BCUT2D eigenvalue weighted by Gasteiger charge is -2.38. The minimum atomic E-state index is -3.99. The number of furan rings is 1. The number of carbonyl (C=O) groups excluding carboxylic acids is 1. The van der Waals surface area contributed by atoms with Gasteiger partial charge in [0.2, 0.25) is 0 Å². The number of hydrogen-bond acceptors (Lipinski definition) is 7. The average Bonchev–Trinajstić information content (AvgIpc) is 3.45. The molecular weight excluding hydrogens is 592 g/mol. The van der Waals surface area contributed by atoms with Crippen LogP contribution < -0.4 is 9.21 Å². The minimum Gasteiger partial charge on any atom is -0.464 e. The van der Waals surface area contributed by atoms with E-state index in [-0.39, 0.29) is 23.0 Å². The maximum absolute atomic E-state index is 14.4. The van der Waals surface area contributed by atoms with Gasteiger partial charge in [0.1, 0.15) is 5.58 Å². The third-order valence-electron chi connectivity index (χ3n) is 8.16. The van der Waals surface area contributed by atoms with E-state index in [4.69, 9.17) is 4.42 Å². The summed E-state index contributed by atoms with van der Waals surface area (Å²) in [7, 11) is -3.99. The van der Waals surface area contributed by atoms with Gasteiger partial charge < -0.3 is 14.2 Å². The topological polar surface area (TPSA) is 117 Å². The highest BCUT2D eigenvalue weighted by Crippen LogP contribution is 2.35. The average molecular weight is 625 g/mol. The van der Waals surface area contributed by atoms with Gasteiger partial charge in [0.15, 0.2) is 0 Å². The number of nitro benzene ring substituents is 1. The number of amides is 1. The first-order valence-corrected chi connectivity index (χ1v) is 16.1. The van der Waals surface area contributed by atoms with Crippen molar-refractivity contribution in [1.82, 2.24) is 4.90 Å². The van der Waals surface area contributed by atoms with Gasteiger partial charge in [0, 0.05) is 55.8 Å². The van der Waals surface area contributed by atoms with Gasteiger partial charge in [-0.15, -0.1) is 0 Å². The predicted octanol–water partition coefficient (Wildman–Crippen LogP) is 6.05. The summed E-state index contributed by atoms with van der Waals surface area (Å²) in [5.41, 5.74) is 4.15. The summed E-state index contributed by atoms with van der Waals surface area (Å²) in [6.45, 7) is 3.92. The molecule has 1 saturated heterocycles. The van der Waals surface area contributed by atoms with Crippen LogP contribution in [0.2, 0.25) is 0 Å². The van der Waals surface area contributed by atoms with E-state index in [9.17, 15) is 23.3 Å². The molecular formula is C34H32N4O6S. The molecule has 0 bridgehead atoms. The molecule has 1 aliphatic heterocycles. The number of aryl methyl sites for hydroxylation is 1. The molecule has 0 aliphatic carbocycles. The van der Waals surface area contributed by atoms with Crippen molar-refractivity contribution in [3.8, 4) is 0 Å². The molecule has 1 amide bonds. The number of benzene rings is 4. The molecule has 10 nitrogen and oxygen atoms in total. The lowest BCUT2D eigenvalue weighted by Crippen LogP contribution is -2.49. The molecule has 45 heavy (non-hydrogen) atoms. The van der Waals surface area contributed by atoms with E-state index in [1.807, 2.05) is 61.5 Å². The van der Waals surface area contributed by atoms with E-state index in [1.165, 1.54) is 28.6 Å². The second-order valence-corrected chi connectivity index (χ2v) is 12.8. The Morgan fingerprint density at radius 3 is 2.31 bits per heavy atom. The number of sulfonamides is 1. The van der Waals surface area contributed by atoms with Gasteiger partial charge in [-0.2, -0.15) is 0 Å². The highest BCUT2D eigenvalue weighted by Gasteiger charge is 2.30. The predicted molar refractivity (Wildman–Crippen MR) is 173 cm³/mol. The van der Waals surface area contributed by atoms with E-state index >= 15 is 0 Å². The van der Waals surface area contributed by atoms with E-state index in [1.54, 1.807) is 29.4 Å². The molecule has 0 saturated carbocycles. The first kappa shape index (κ1) is 29.9. The standard InChI is InChI=1S/C34H32N4O6S/c1-25-24-44-33-16-15-29(23-30(25)33)45(42,43)37(18-17-26-7-3-2-4-8-26)32-10-6-5-9-31(32)35-19-21-36(22-20-35)34(39)27-11-13-28(14-12-27)38(40)41/h2-16,23-24H,17-22H2,1H3. The van der Waals surface area contributed by atoms with Crippen LogP contribution in [0.15, 0.2) is 113 Å². The normalized spacial score (nSPS) is 13.6. The van der Waals surface area contributed by atoms with Crippen LogP contribution in [0.1, 0.15) is 21.5 Å². The number of piperazine rings is 1. The molecule has 4 aromatic carbocycles. The smallest absolute Gasteiger partial charge is 0.269 e. The van der Waals surface area contributed by atoms with E-state index in [0.29, 0.717) is 49.4 Å². The number of nitro groups is 1. The zero-order chi connectivity index (χ0) is 31.6. The second-order valence-electron chi connectivity index (χ2n) is 11.0. The summed E-state index contributed by atoms with van der Waals surface area (Å²) in [5, 5.41) is 11.8. The molecule has 1 aromatic heterocycles. The number of nitrogens with zero attached hydrogens (tertiary/aromatic N) is 4. The third-order valence-corrected chi connectivity index (χ3v) is 9.97. The van der Waals surface area contributed by atoms with Crippen LogP contribution in [-0.2, 0) is 16.4 Å². The maximum Gasteiger partial charge on any atom is 0.269 e. The van der Waals surface area contributed by atoms with Gasteiger partial charge in [-0.25, -0.2) is 8.42 Å². The van der Waals surface area contributed by atoms with Crippen LogP contribution in [0.5, 0.6) is 0 Å². The van der Waals surface area contributed by atoms with E-state index in [0.717, 1.165) is 22.2 Å². The molecule has 0 atom stereocenters. The largest absolute Gasteiger partial charge is 0.464 e. The van der Waals surface area contributed by atoms with Crippen molar-refractivity contribution in [2.45, 2.75) is 18.2 Å². The van der Waals surface area contributed by atoms with Crippen LogP contribution in [0.25, 0.3) is 11.0 Å².